The zero-order valence-electron chi connectivity index (χ0n) is 16.7. The Hall–Kier alpha value is -2.39. The van der Waals surface area contributed by atoms with Crippen LogP contribution in [0.15, 0.2) is 35.7 Å². The molecule has 156 valence electrons. The van der Waals surface area contributed by atoms with Gasteiger partial charge in [-0.05, 0) is 55.5 Å². The highest BCUT2D eigenvalue weighted by Crippen LogP contribution is 2.34. The molecule has 0 radical (unpaired) electrons. The van der Waals surface area contributed by atoms with E-state index >= 15 is 0 Å². The predicted molar refractivity (Wildman–Crippen MR) is 115 cm³/mol. The molecule has 0 saturated heterocycles. The molecule has 0 saturated carbocycles. The highest BCUT2D eigenvalue weighted by Gasteiger charge is 2.33. The van der Waals surface area contributed by atoms with Gasteiger partial charge in [-0.25, -0.2) is 8.42 Å². The van der Waals surface area contributed by atoms with Crippen LogP contribution in [0.1, 0.15) is 34.6 Å². The Morgan fingerprint density at radius 1 is 1.31 bits per heavy atom. The van der Waals surface area contributed by atoms with E-state index in [-0.39, 0.29) is 24.4 Å². The molecule has 2 aromatic rings. The van der Waals surface area contributed by atoms with Crippen molar-refractivity contribution in [1.82, 2.24) is 10.2 Å². The lowest BCUT2D eigenvalue weighted by molar-refractivity contribution is -0.121. The standard InChI is InChI=1S/C20H25N3O4S2/c1-4-22(13-19(24)21-12-17-6-5-9-28-17)20(25)15-7-8-18-16(11-15)10-14(2)23(18)29(3,26)27/h5-9,11,14H,4,10,12-13H2,1-3H3,(H,21,24). The fourth-order valence-corrected chi connectivity index (χ4v) is 5.49. The molecule has 9 heteroatoms. The minimum absolute atomic E-state index is 0.0241. The molecule has 1 N–H and O–H groups in total. The third-order valence-corrected chi connectivity index (χ3v) is 7.03. The molecule has 29 heavy (non-hydrogen) atoms. The minimum atomic E-state index is -3.37. The fourth-order valence-electron chi connectivity index (χ4n) is 3.58. The summed E-state index contributed by atoms with van der Waals surface area (Å²) in [6.07, 6.45) is 1.74. The molecule has 2 amide bonds. The normalized spacial score (nSPS) is 15.8. The van der Waals surface area contributed by atoms with E-state index in [0.717, 1.165) is 10.4 Å². The first-order valence-electron chi connectivity index (χ1n) is 9.41. The molecule has 0 spiro atoms. The summed E-state index contributed by atoms with van der Waals surface area (Å²) in [6.45, 7) is 4.49. The molecule has 2 heterocycles. The summed E-state index contributed by atoms with van der Waals surface area (Å²) in [5.41, 5.74) is 1.90. The molecular weight excluding hydrogens is 410 g/mol. The van der Waals surface area contributed by atoms with E-state index in [1.165, 1.54) is 15.5 Å². The third kappa shape index (κ3) is 4.79. The van der Waals surface area contributed by atoms with Crippen molar-refractivity contribution in [3.8, 4) is 0 Å². The largest absolute Gasteiger partial charge is 0.350 e. The number of sulfonamides is 1. The van der Waals surface area contributed by atoms with E-state index in [0.29, 0.717) is 30.8 Å². The van der Waals surface area contributed by atoms with Gasteiger partial charge in [0.1, 0.15) is 0 Å². The van der Waals surface area contributed by atoms with Gasteiger partial charge in [0.15, 0.2) is 0 Å². The first-order valence-corrected chi connectivity index (χ1v) is 12.1. The first-order chi connectivity index (χ1) is 13.7. The van der Waals surface area contributed by atoms with E-state index in [4.69, 9.17) is 0 Å². The van der Waals surface area contributed by atoms with Crippen molar-refractivity contribution < 1.29 is 18.0 Å². The molecule has 0 bridgehead atoms. The average Bonchev–Trinajstić information content (AvgIpc) is 3.29. The number of benzene rings is 1. The second kappa shape index (κ2) is 8.54. The van der Waals surface area contributed by atoms with Crippen molar-refractivity contribution in [3.63, 3.8) is 0 Å². The summed E-state index contributed by atoms with van der Waals surface area (Å²) in [5.74, 6) is -0.460. The maximum atomic E-state index is 12.9. The summed E-state index contributed by atoms with van der Waals surface area (Å²) in [5, 5.41) is 4.78. The van der Waals surface area contributed by atoms with Crippen molar-refractivity contribution in [3.05, 3.63) is 51.7 Å². The lowest BCUT2D eigenvalue weighted by Gasteiger charge is -2.22. The third-order valence-electron chi connectivity index (χ3n) is 4.88. The maximum absolute atomic E-state index is 12.9. The number of nitrogens with zero attached hydrogens (tertiary/aromatic N) is 2. The van der Waals surface area contributed by atoms with Gasteiger partial charge in [-0.15, -0.1) is 11.3 Å². The topological polar surface area (TPSA) is 86.8 Å². The van der Waals surface area contributed by atoms with E-state index in [1.807, 2.05) is 31.4 Å². The van der Waals surface area contributed by atoms with Gasteiger partial charge in [0.2, 0.25) is 15.9 Å². The molecule has 1 atom stereocenters. The molecular formula is C20H25N3O4S2. The monoisotopic (exact) mass is 435 g/mol. The first kappa shape index (κ1) is 21.3. The van der Waals surface area contributed by atoms with Crippen LogP contribution < -0.4 is 9.62 Å². The minimum Gasteiger partial charge on any atom is -0.350 e. The summed E-state index contributed by atoms with van der Waals surface area (Å²) >= 11 is 1.56. The van der Waals surface area contributed by atoms with E-state index in [9.17, 15) is 18.0 Å². The summed E-state index contributed by atoms with van der Waals surface area (Å²) < 4.78 is 25.5. The summed E-state index contributed by atoms with van der Waals surface area (Å²) in [6, 6.07) is 8.73. The molecule has 1 aliphatic heterocycles. The quantitative estimate of drug-likeness (QED) is 0.723. The number of amides is 2. The Morgan fingerprint density at radius 3 is 2.69 bits per heavy atom. The van der Waals surface area contributed by atoms with Gasteiger partial charge in [-0.2, -0.15) is 0 Å². The zero-order chi connectivity index (χ0) is 21.2. The van der Waals surface area contributed by atoms with Crippen molar-refractivity contribution in [2.75, 3.05) is 23.7 Å². The van der Waals surface area contributed by atoms with Gasteiger partial charge < -0.3 is 10.2 Å². The van der Waals surface area contributed by atoms with Gasteiger partial charge in [-0.3, -0.25) is 13.9 Å². The Balaban J connectivity index is 1.70. The van der Waals surface area contributed by atoms with Crippen molar-refractivity contribution in [2.45, 2.75) is 32.9 Å². The number of hydrogen-bond acceptors (Lipinski definition) is 5. The van der Waals surface area contributed by atoms with Gasteiger partial charge in [0, 0.05) is 23.0 Å². The molecule has 1 aliphatic rings. The van der Waals surface area contributed by atoms with Gasteiger partial charge >= 0.3 is 0 Å². The van der Waals surface area contributed by atoms with Crippen LogP contribution in [0.5, 0.6) is 0 Å². The Morgan fingerprint density at radius 2 is 2.07 bits per heavy atom. The van der Waals surface area contributed by atoms with Gasteiger partial charge in [0.05, 0.1) is 25.0 Å². The molecule has 1 aromatic heterocycles. The lowest BCUT2D eigenvalue weighted by Crippen LogP contribution is -2.40. The number of thiophene rings is 1. The Labute approximate surface area is 175 Å². The summed E-state index contributed by atoms with van der Waals surface area (Å²) in [4.78, 5) is 27.7. The molecule has 0 aliphatic carbocycles. The van der Waals surface area contributed by atoms with Crippen LogP contribution in [0, 0.1) is 0 Å². The maximum Gasteiger partial charge on any atom is 0.254 e. The highest BCUT2D eigenvalue weighted by molar-refractivity contribution is 7.92. The van der Waals surface area contributed by atoms with Crippen LogP contribution >= 0.6 is 11.3 Å². The van der Waals surface area contributed by atoms with E-state index < -0.39 is 10.0 Å². The number of carbonyl (C=O) groups excluding carboxylic acids is 2. The SMILES string of the molecule is CCN(CC(=O)NCc1cccs1)C(=O)c1ccc2c(c1)CC(C)N2S(C)(=O)=O. The second-order valence-electron chi connectivity index (χ2n) is 7.13. The van der Waals surface area contributed by atoms with Crippen LogP contribution in [0.3, 0.4) is 0 Å². The lowest BCUT2D eigenvalue weighted by atomic mass is 10.1. The van der Waals surface area contributed by atoms with Crippen LogP contribution in [0.25, 0.3) is 0 Å². The van der Waals surface area contributed by atoms with E-state index in [1.54, 1.807) is 29.5 Å². The van der Waals surface area contributed by atoms with Crippen molar-refractivity contribution in [2.24, 2.45) is 0 Å². The number of anilines is 1. The number of fused-ring (bicyclic) bond motifs is 1. The van der Waals surface area contributed by atoms with Gasteiger partial charge in [0.25, 0.3) is 5.91 Å². The van der Waals surface area contributed by atoms with Crippen LogP contribution in [-0.4, -0.2) is 50.5 Å². The molecule has 0 fully saturated rings. The predicted octanol–water partition coefficient (Wildman–Crippen LogP) is 2.24. The molecule has 3 rings (SSSR count). The molecule has 1 aromatic carbocycles. The second-order valence-corrected chi connectivity index (χ2v) is 10.0. The molecule has 1 unspecified atom stereocenters. The van der Waals surface area contributed by atoms with Crippen molar-refractivity contribution in [1.29, 1.82) is 0 Å². The number of carbonyl (C=O) groups is 2. The number of nitrogens with one attached hydrogen (secondary N) is 1. The Bertz CT molecular complexity index is 1000. The van der Waals surface area contributed by atoms with Gasteiger partial charge in [-0.1, -0.05) is 6.07 Å². The molecule has 7 nitrogen and oxygen atoms in total. The van der Waals surface area contributed by atoms with Crippen LogP contribution in [0.2, 0.25) is 0 Å². The smallest absolute Gasteiger partial charge is 0.254 e. The number of hydrogen-bond donors (Lipinski definition) is 1. The van der Waals surface area contributed by atoms with Crippen LogP contribution in [-0.2, 0) is 27.8 Å². The Kier molecular flexibility index (Phi) is 6.28. The summed E-state index contributed by atoms with van der Waals surface area (Å²) in [7, 11) is -3.37. The highest BCUT2D eigenvalue weighted by atomic mass is 32.2. The zero-order valence-corrected chi connectivity index (χ0v) is 18.3. The number of rotatable bonds is 7. The van der Waals surface area contributed by atoms with E-state index in [2.05, 4.69) is 5.32 Å². The van der Waals surface area contributed by atoms with Crippen molar-refractivity contribution >= 4 is 38.9 Å². The van der Waals surface area contributed by atoms with Crippen LogP contribution in [0.4, 0.5) is 5.69 Å². The number of likely N-dealkylation sites (N-methyl/N-ethyl adjacent to an activating group) is 1. The fraction of sp³-hybridized carbons (Fsp3) is 0.400. The average molecular weight is 436 g/mol.